The van der Waals surface area contributed by atoms with Crippen molar-refractivity contribution in [3.8, 4) is 0 Å². The highest BCUT2D eigenvalue weighted by Gasteiger charge is 2.25. The van der Waals surface area contributed by atoms with Crippen LogP contribution in [-0.4, -0.2) is 48.3 Å². The Morgan fingerprint density at radius 3 is 2.13 bits per heavy atom. The summed E-state index contributed by atoms with van der Waals surface area (Å²) in [6.07, 6.45) is 2.33. The molecule has 1 unspecified atom stereocenters. The number of hydrogen-bond acceptors (Lipinski definition) is 3. The van der Waals surface area contributed by atoms with Gasteiger partial charge >= 0.3 is 0 Å². The average molecular weight is 216 g/mol. The Labute approximate surface area is 94.9 Å². The van der Waals surface area contributed by atoms with Crippen molar-refractivity contribution in [2.75, 3.05) is 26.7 Å². The van der Waals surface area contributed by atoms with E-state index in [0.717, 1.165) is 13.1 Å². The first-order valence-corrected chi connectivity index (χ1v) is 6.09. The maximum absolute atomic E-state index is 9.40. The molecule has 0 aromatic rings. The Balaban J connectivity index is 4.27. The first-order valence-electron chi connectivity index (χ1n) is 6.09. The van der Waals surface area contributed by atoms with Crippen molar-refractivity contribution in [2.45, 2.75) is 52.1 Å². The van der Waals surface area contributed by atoms with Gasteiger partial charge in [0.2, 0.25) is 0 Å². The van der Waals surface area contributed by atoms with E-state index in [1.54, 1.807) is 0 Å². The summed E-state index contributed by atoms with van der Waals surface area (Å²) >= 11 is 0. The molecule has 3 nitrogen and oxygen atoms in total. The molecule has 0 heterocycles. The van der Waals surface area contributed by atoms with Gasteiger partial charge in [-0.05, 0) is 33.4 Å². The van der Waals surface area contributed by atoms with Gasteiger partial charge in [-0.25, -0.2) is 0 Å². The Morgan fingerprint density at radius 2 is 1.80 bits per heavy atom. The van der Waals surface area contributed by atoms with E-state index in [-0.39, 0.29) is 12.1 Å². The summed E-state index contributed by atoms with van der Waals surface area (Å²) in [6.45, 7) is 10.6. The van der Waals surface area contributed by atoms with Crippen molar-refractivity contribution in [1.82, 2.24) is 10.2 Å². The number of likely N-dealkylation sites (N-methyl/N-ethyl adjacent to an activating group) is 2. The highest BCUT2D eigenvalue weighted by atomic mass is 16.3. The number of hydrogen-bond donors (Lipinski definition) is 2. The molecule has 0 aliphatic heterocycles. The van der Waals surface area contributed by atoms with Gasteiger partial charge in [0, 0.05) is 12.6 Å². The van der Waals surface area contributed by atoms with Crippen LogP contribution >= 0.6 is 0 Å². The first kappa shape index (κ1) is 14.9. The minimum atomic E-state index is -0.175. The van der Waals surface area contributed by atoms with Crippen molar-refractivity contribution < 1.29 is 5.11 Å². The van der Waals surface area contributed by atoms with E-state index in [1.807, 2.05) is 0 Å². The number of aliphatic hydroxyl groups excluding tert-OH is 1. The Hall–Kier alpha value is -0.120. The lowest BCUT2D eigenvalue weighted by atomic mass is 10.0. The molecule has 0 spiro atoms. The number of nitrogens with one attached hydrogen (secondary N) is 1. The van der Waals surface area contributed by atoms with Gasteiger partial charge in [0.1, 0.15) is 0 Å². The Kier molecular flexibility index (Phi) is 7.14. The molecule has 0 aromatic heterocycles. The summed E-state index contributed by atoms with van der Waals surface area (Å²) in [5.74, 6) is 0. The second-order valence-corrected chi connectivity index (χ2v) is 4.63. The fraction of sp³-hybridized carbons (Fsp3) is 1.00. The third-order valence-corrected chi connectivity index (χ3v) is 3.12. The summed E-state index contributed by atoms with van der Waals surface area (Å²) in [5, 5.41) is 12.8. The van der Waals surface area contributed by atoms with E-state index >= 15 is 0 Å². The first-order chi connectivity index (χ1) is 7.02. The molecule has 0 saturated heterocycles. The van der Waals surface area contributed by atoms with E-state index in [4.69, 9.17) is 0 Å². The predicted molar refractivity (Wildman–Crippen MR) is 66.2 cm³/mol. The topological polar surface area (TPSA) is 35.5 Å². The fourth-order valence-electron chi connectivity index (χ4n) is 2.18. The molecule has 1 atom stereocenters. The zero-order chi connectivity index (χ0) is 11.9. The maximum Gasteiger partial charge on any atom is 0.0623 e. The van der Waals surface area contributed by atoms with Crippen molar-refractivity contribution in [2.24, 2.45) is 0 Å². The molecule has 0 fully saturated rings. The lowest BCUT2D eigenvalue weighted by Crippen LogP contribution is -2.54. The summed E-state index contributed by atoms with van der Waals surface area (Å²) in [5.41, 5.74) is -0.175. The van der Waals surface area contributed by atoms with Crippen LogP contribution in [0.15, 0.2) is 0 Å². The lowest BCUT2D eigenvalue weighted by Gasteiger charge is -2.36. The number of nitrogens with zero attached hydrogens (tertiary/aromatic N) is 1. The minimum absolute atomic E-state index is 0.175. The van der Waals surface area contributed by atoms with Crippen molar-refractivity contribution in [3.63, 3.8) is 0 Å². The summed E-state index contributed by atoms with van der Waals surface area (Å²) in [7, 11) is 2.14. The molecule has 0 amide bonds. The van der Waals surface area contributed by atoms with Crippen LogP contribution in [0.3, 0.4) is 0 Å². The van der Waals surface area contributed by atoms with Crippen LogP contribution in [-0.2, 0) is 0 Å². The number of aliphatic hydroxyl groups is 1. The zero-order valence-corrected chi connectivity index (χ0v) is 11.0. The molecule has 15 heavy (non-hydrogen) atoms. The molecule has 0 radical (unpaired) electrons. The highest BCUT2D eigenvalue weighted by Crippen LogP contribution is 2.11. The molecular weight excluding hydrogens is 188 g/mol. The van der Waals surface area contributed by atoms with E-state index in [1.165, 1.54) is 12.8 Å². The fourth-order valence-corrected chi connectivity index (χ4v) is 2.18. The maximum atomic E-state index is 9.40. The van der Waals surface area contributed by atoms with Crippen molar-refractivity contribution in [1.29, 1.82) is 0 Å². The van der Waals surface area contributed by atoms with Crippen molar-refractivity contribution in [3.05, 3.63) is 0 Å². The molecular formula is C12H28N2O. The molecule has 92 valence electrons. The largest absolute Gasteiger partial charge is 0.394 e. The minimum Gasteiger partial charge on any atom is -0.394 e. The van der Waals surface area contributed by atoms with Crippen LogP contribution in [0.1, 0.15) is 40.5 Å². The van der Waals surface area contributed by atoms with Gasteiger partial charge in [0.15, 0.2) is 0 Å². The number of rotatable bonds is 8. The van der Waals surface area contributed by atoms with Crippen LogP contribution in [0, 0.1) is 0 Å². The molecule has 0 aromatic carbocycles. The molecule has 2 N–H and O–H groups in total. The monoisotopic (exact) mass is 216 g/mol. The SMILES string of the molecule is CCNC(C)(CO)CN(C)C(CC)CC. The van der Waals surface area contributed by atoms with Gasteiger partial charge in [-0.3, -0.25) is 0 Å². The Morgan fingerprint density at radius 1 is 1.27 bits per heavy atom. The zero-order valence-electron chi connectivity index (χ0n) is 11.0. The lowest BCUT2D eigenvalue weighted by molar-refractivity contribution is 0.110. The average Bonchev–Trinajstić information content (AvgIpc) is 2.20. The van der Waals surface area contributed by atoms with Gasteiger partial charge in [-0.15, -0.1) is 0 Å². The standard InChI is InChI=1S/C12H28N2O/c1-6-11(7-2)14(5)9-12(4,10-15)13-8-3/h11,13,15H,6-10H2,1-5H3. The molecule has 0 aliphatic carbocycles. The van der Waals surface area contributed by atoms with Gasteiger partial charge in [-0.1, -0.05) is 20.8 Å². The van der Waals surface area contributed by atoms with Crippen LogP contribution in [0.4, 0.5) is 0 Å². The van der Waals surface area contributed by atoms with Gasteiger partial charge in [0.25, 0.3) is 0 Å². The summed E-state index contributed by atoms with van der Waals surface area (Å²) < 4.78 is 0. The van der Waals surface area contributed by atoms with Crippen LogP contribution < -0.4 is 5.32 Å². The van der Waals surface area contributed by atoms with E-state index in [9.17, 15) is 5.11 Å². The normalized spacial score (nSPS) is 16.0. The van der Waals surface area contributed by atoms with E-state index < -0.39 is 0 Å². The van der Waals surface area contributed by atoms with E-state index in [0.29, 0.717) is 6.04 Å². The molecule has 3 heteroatoms. The molecule has 0 aliphatic rings. The van der Waals surface area contributed by atoms with E-state index in [2.05, 4.69) is 45.0 Å². The van der Waals surface area contributed by atoms with Gasteiger partial charge in [0.05, 0.1) is 12.1 Å². The smallest absolute Gasteiger partial charge is 0.0623 e. The van der Waals surface area contributed by atoms with Gasteiger partial charge in [-0.2, -0.15) is 0 Å². The van der Waals surface area contributed by atoms with Crippen LogP contribution in [0.2, 0.25) is 0 Å². The van der Waals surface area contributed by atoms with Crippen LogP contribution in [0.25, 0.3) is 0 Å². The molecule has 0 bridgehead atoms. The van der Waals surface area contributed by atoms with Crippen molar-refractivity contribution >= 4 is 0 Å². The van der Waals surface area contributed by atoms with Crippen LogP contribution in [0.5, 0.6) is 0 Å². The van der Waals surface area contributed by atoms with Gasteiger partial charge < -0.3 is 15.3 Å². The Bertz CT molecular complexity index is 160. The summed E-state index contributed by atoms with van der Waals surface area (Å²) in [6, 6.07) is 0.620. The highest BCUT2D eigenvalue weighted by molar-refractivity contribution is 4.86. The predicted octanol–water partition coefficient (Wildman–Crippen LogP) is 1.47. The molecule has 0 saturated carbocycles. The quantitative estimate of drug-likeness (QED) is 0.645. The second kappa shape index (κ2) is 7.20. The second-order valence-electron chi connectivity index (χ2n) is 4.63. The third-order valence-electron chi connectivity index (χ3n) is 3.12. The molecule has 0 rings (SSSR count). The summed E-state index contributed by atoms with van der Waals surface area (Å²) in [4.78, 5) is 2.35. The third kappa shape index (κ3) is 4.96.